The van der Waals surface area contributed by atoms with Gasteiger partial charge in [0.1, 0.15) is 12.4 Å². The Bertz CT molecular complexity index is 927. The van der Waals surface area contributed by atoms with Crippen molar-refractivity contribution in [2.75, 3.05) is 11.9 Å². The predicted octanol–water partition coefficient (Wildman–Crippen LogP) is 2.97. The first-order valence-corrected chi connectivity index (χ1v) is 7.79. The summed E-state index contributed by atoms with van der Waals surface area (Å²) in [5, 5.41) is 7.59. The van der Waals surface area contributed by atoms with Gasteiger partial charge in [-0.1, -0.05) is 48.5 Å². The Balaban J connectivity index is 1.95. The molecular weight excluding hydrogens is 300 g/mol. The van der Waals surface area contributed by atoms with Crippen LogP contribution in [-0.2, 0) is 4.79 Å². The van der Waals surface area contributed by atoms with E-state index in [1.165, 1.54) is 0 Å². The second-order valence-corrected chi connectivity index (χ2v) is 5.64. The minimum atomic E-state index is -0.140. The van der Waals surface area contributed by atoms with Crippen LogP contribution in [0.1, 0.15) is 16.8 Å². The number of hydrogen-bond acceptors (Lipinski definition) is 3. The fourth-order valence-electron chi connectivity index (χ4n) is 2.92. The van der Waals surface area contributed by atoms with Gasteiger partial charge in [-0.3, -0.25) is 9.79 Å². The smallest absolute Gasteiger partial charge is 0.247 e. The summed E-state index contributed by atoms with van der Waals surface area (Å²) in [6, 6.07) is 19.7. The molecule has 5 heteroatoms. The van der Waals surface area contributed by atoms with Gasteiger partial charge in [0.2, 0.25) is 5.91 Å². The van der Waals surface area contributed by atoms with Gasteiger partial charge in [0.25, 0.3) is 0 Å². The molecule has 1 aromatic heterocycles. The molecule has 1 amide bonds. The van der Waals surface area contributed by atoms with Crippen LogP contribution in [0.3, 0.4) is 0 Å². The molecule has 2 aromatic carbocycles. The fourth-order valence-corrected chi connectivity index (χ4v) is 2.92. The van der Waals surface area contributed by atoms with Gasteiger partial charge < -0.3 is 5.32 Å². The van der Waals surface area contributed by atoms with Crippen LogP contribution in [-0.4, -0.2) is 27.9 Å². The lowest BCUT2D eigenvalue weighted by molar-refractivity contribution is -0.114. The monoisotopic (exact) mass is 316 g/mol. The first-order chi connectivity index (χ1) is 11.7. The van der Waals surface area contributed by atoms with Crippen LogP contribution >= 0.6 is 0 Å². The van der Waals surface area contributed by atoms with E-state index in [1.54, 1.807) is 4.68 Å². The quantitative estimate of drug-likeness (QED) is 0.790. The molecule has 0 atom stereocenters. The molecule has 0 radical (unpaired) electrons. The topological polar surface area (TPSA) is 59.3 Å². The number of aromatic nitrogens is 2. The number of amides is 1. The van der Waals surface area contributed by atoms with Crippen LogP contribution in [0.5, 0.6) is 0 Å². The van der Waals surface area contributed by atoms with Gasteiger partial charge in [-0.15, -0.1) is 0 Å². The highest BCUT2D eigenvalue weighted by Crippen LogP contribution is 2.28. The summed E-state index contributed by atoms with van der Waals surface area (Å²) in [5.41, 5.74) is 4.38. The Morgan fingerprint density at radius 1 is 1.00 bits per heavy atom. The van der Waals surface area contributed by atoms with Crippen molar-refractivity contribution in [3.05, 3.63) is 77.5 Å². The van der Waals surface area contributed by atoms with Crippen LogP contribution in [0.2, 0.25) is 0 Å². The number of anilines is 1. The highest BCUT2D eigenvalue weighted by molar-refractivity contribution is 6.19. The average molecular weight is 316 g/mol. The molecule has 1 aliphatic heterocycles. The maximum Gasteiger partial charge on any atom is 0.247 e. The summed E-state index contributed by atoms with van der Waals surface area (Å²) in [6.45, 7) is 2.04. The van der Waals surface area contributed by atoms with Gasteiger partial charge in [-0.25, -0.2) is 4.68 Å². The number of rotatable bonds is 2. The maximum absolute atomic E-state index is 12.2. The molecule has 5 nitrogen and oxygen atoms in total. The first kappa shape index (κ1) is 14.4. The van der Waals surface area contributed by atoms with Crippen molar-refractivity contribution < 1.29 is 4.79 Å². The number of nitrogens with zero attached hydrogens (tertiary/aromatic N) is 3. The van der Waals surface area contributed by atoms with Gasteiger partial charge >= 0.3 is 0 Å². The number of para-hydroxylation sites is 1. The molecule has 0 fully saturated rings. The lowest BCUT2D eigenvalue weighted by Crippen LogP contribution is -2.16. The Kier molecular flexibility index (Phi) is 3.46. The SMILES string of the molecule is Cc1nn(-c2ccccc2)c2c1C(c1ccccc1)=NCC(=O)N2. The minimum absolute atomic E-state index is 0.104. The van der Waals surface area contributed by atoms with Crippen molar-refractivity contribution in [3.63, 3.8) is 0 Å². The van der Waals surface area contributed by atoms with E-state index < -0.39 is 0 Å². The van der Waals surface area contributed by atoms with Crippen LogP contribution in [0.25, 0.3) is 5.69 Å². The van der Waals surface area contributed by atoms with Crippen molar-refractivity contribution in [3.8, 4) is 5.69 Å². The molecule has 3 aromatic rings. The number of aryl methyl sites for hydroxylation is 1. The van der Waals surface area contributed by atoms with Gasteiger partial charge in [-0.05, 0) is 19.1 Å². The lowest BCUT2D eigenvalue weighted by Gasteiger charge is -2.09. The van der Waals surface area contributed by atoms with E-state index in [2.05, 4.69) is 15.4 Å². The molecule has 1 aliphatic rings. The summed E-state index contributed by atoms with van der Waals surface area (Å²) >= 11 is 0. The van der Waals surface area contributed by atoms with Gasteiger partial charge in [0.15, 0.2) is 0 Å². The molecule has 4 rings (SSSR count). The molecule has 2 heterocycles. The third-order valence-corrected chi connectivity index (χ3v) is 3.98. The third-order valence-electron chi connectivity index (χ3n) is 3.98. The van der Waals surface area contributed by atoms with E-state index in [0.717, 1.165) is 28.2 Å². The third kappa shape index (κ3) is 2.40. The van der Waals surface area contributed by atoms with Crippen molar-refractivity contribution in [2.45, 2.75) is 6.92 Å². The summed E-state index contributed by atoms with van der Waals surface area (Å²) < 4.78 is 1.77. The molecule has 0 aliphatic carbocycles. The molecule has 24 heavy (non-hydrogen) atoms. The van der Waals surface area contributed by atoms with E-state index in [4.69, 9.17) is 0 Å². The van der Waals surface area contributed by atoms with Crippen molar-refractivity contribution in [1.29, 1.82) is 0 Å². The minimum Gasteiger partial charge on any atom is -0.308 e. The molecule has 0 unspecified atom stereocenters. The lowest BCUT2D eigenvalue weighted by atomic mass is 10.0. The number of aliphatic imine (C=N–C) groups is 1. The number of carbonyl (C=O) groups excluding carboxylic acids is 1. The van der Waals surface area contributed by atoms with Gasteiger partial charge in [0.05, 0.1) is 22.7 Å². The number of fused-ring (bicyclic) bond motifs is 1. The van der Waals surface area contributed by atoms with Crippen LogP contribution in [0, 0.1) is 6.92 Å². The molecule has 118 valence electrons. The molecule has 1 N–H and O–H groups in total. The number of benzene rings is 2. The Labute approximate surface area is 139 Å². The average Bonchev–Trinajstić information content (AvgIpc) is 2.83. The molecular formula is C19H16N4O. The first-order valence-electron chi connectivity index (χ1n) is 7.79. The van der Waals surface area contributed by atoms with E-state index in [0.29, 0.717) is 5.82 Å². The largest absolute Gasteiger partial charge is 0.308 e. The second-order valence-electron chi connectivity index (χ2n) is 5.64. The zero-order valence-electron chi connectivity index (χ0n) is 13.2. The fraction of sp³-hybridized carbons (Fsp3) is 0.105. The Hall–Kier alpha value is -3.21. The van der Waals surface area contributed by atoms with Crippen LogP contribution in [0.15, 0.2) is 65.7 Å². The molecule has 0 bridgehead atoms. The number of nitrogens with one attached hydrogen (secondary N) is 1. The second kappa shape index (κ2) is 5.77. The summed E-state index contributed by atoms with van der Waals surface area (Å²) in [7, 11) is 0. The van der Waals surface area contributed by atoms with E-state index in [1.807, 2.05) is 67.6 Å². The molecule has 0 saturated carbocycles. The summed E-state index contributed by atoms with van der Waals surface area (Å²) in [5.74, 6) is 0.531. The zero-order valence-corrected chi connectivity index (χ0v) is 13.2. The van der Waals surface area contributed by atoms with Crippen molar-refractivity contribution in [2.24, 2.45) is 4.99 Å². The number of carbonyl (C=O) groups is 1. The van der Waals surface area contributed by atoms with Crippen molar-refractivity contribution >= 4 is 17.4 Å². The maximum atomic E-state index is 12.2. The van der Waals surface area contributed by atoms with E-state index in [9.17, 15) is 4.79 Å². The normalized spacial score (nSPS) is 13.7. The van der Waals surface area contributed by atoms with E-state index >= 15 is 0 Å². The molecule has 0 spiro atoms. The van der Waals surface area contributed by atoms with Crippen molar-refractivity contribution in [1.82, 2.24) is 9.78 Å². The zero-order chi connectivity index (χ0) is 16.5. The standard InChI is InChI=1S/C19H16N4O/c1-13-17-18(14-8-4-2-5-9-14)20-12-16(24)21-19(17)23(22-13)15-10-6-3-7-11-15/h2-11H,12H2,1H3,(H,21,24). The van der Waals surface area contributed by atoms with Gasteiger partial charge in [-0.2, -0.15) is 5.10 Å². The summed E-state index contributed by atoms with van der Waals surface area (Å²) in [6.07, 6.45) is 0. The van der Waals surface area contributed by atoms with Gasteiger partial charge in [0, 0.05) is 5.56 Å². The highest BCUT2D eigenvalue weighted by Gasteiger charge is 2.25. The van der Waals surface area contributed by atoms with Crippen LogP contribution in [0.4, 0.5) is 5.82 Å². The Morgan fingerprint density at radius 2 is 1.67 bits per heavy atom. The Morgan fingerprint density at radius 3 is 2.38 bits per heavy atom. The van der Waals surface area contributed by atoms with E-state index in [-0.39, 0.29) is 12.5 Å². The molecule has 0 saturated heterocycles. The predicted molar refractivity (Wildman–Crippen MR) is 93.9 cm³/mol. The van der Waals surface area contributed by atoms with Crippen LogP contribution < -0.4 is 5.32 Å². The summed E-state index contributed by atoms with van der Waals surface area (Å²) in [4.78, 5) is 16.7. The number of hydrogen-bond donors (Lipinski definition) is 1. The highest BCUT2D eigenvalue weighted by atomic mass is 16.2.